The zero-order chi connectivity index (χ0) is 17.6. The molecule has 0 amide bonds. The molecular formula is C16H15BrF3NO3. The minimum absolute atomic E-state index is 0.139. The third-order valence-electron chi connectivity index (χ3n) is 3.04. The molecule has 1 N–H and O–H groups in total. The van der Waals surface area contributed by atoms with E-state index in [4.69, 9.17) is 9.47 Å². The minimum atomic E-state index is -4.40. The van der Waals surface area contributed by atoms with Gasteiger partial charge >= 0.3 is 6.18 Å². The Kier molecular flexibility index (Phi) is 6.30. The van der Waals surface area contributed by atoms with Crippen LogP contribution < -0.4 is 9.47 Å². The van der Waals surface area contributed by atoms with Gasteiger partial charge in [0.25, 0.3) is 0 Å². The van der Waals surface area contributed by atoms with E-state index in [9.17, 15) is 18.3 Å². The number of unbranched alkanes of at least 4 members (excludes halogenated alkanes) is 1. The van der Waals surface area contributed by atoms with Gasteiger partial charge in [-0.25, -0.2) is 4.98 Å². The molecule has 0 saturated carbocycles. The lowest BCUT2D eigenvalue weighted by molar-refractivity contribution is -0.137. The first-order valence-corrected chi connectivity index (χ1v) is 7.93. The highest BCUT2D eigenvalue weighted by Gasteiger charge is 2.30. The highest BCUT2D eigenvalue weighted by molar-refractivity contribution is 9.10. The molecule has 1 heterocycles. The summed E-state index contributed by atoms with van der Waals surface area (Å²) in [5, 5.41) is 9.37. The van der Waals surface area contributed by atoms with Gasteiger partial charge in [0, 0.05) is 12.3 Å². The molecule has 4 nitrogen and oxygen atoms in total. The highest BCUT2D eigenvalue weighted by atomic mass is 79.9. The van der Waals surface area contributed by atoms with Crippen molar-refractivity contribution in [2.24, 2.45) is 0 Å². The molecule has 1 aromatic heterocycles. The Morgan fingerprint density at radius 2 is 1.75 bits per heavy atom. The van der Waals surface area contributed by atoms with Gasteiger partial charge in [0.2, 0.25) is 5.88 Å². The number of benzene rings is 1. The summed E-state index contributed by atoms with van der Waals surface area (Å²) in [6.45, 7) is 0.794. The Bertz CT molecular complexity index is 663. The van der Waals surface area contributed by atoms with E-state index >= 15 is 0 Å². The van der Waals surface area contributed by atoms with Crippen molar-refractivity contribution in [3.8, 4) is 17.4 Å². The molecule has 8 heteroatoms. The summed E-state index contributed by atoms with van der Waals surface area (Å²) in [4.78, 5) is 3.63. The molecular weight excluding hydrogens is 391 g/mol. The molecule has 0 unspecified atom stereocenters. The van der Waals surface area contributed by atoms with Gasteiger partial charge in [-0.3, -0.25) is 0 Å². The lowest BCUT2D eigenvalue weighted by atomic mass is 10.3. The van der Waals surface area contributed by atoms with Gasteiger partial charge < -0.3 is 14.6 Å². The maximum Gasteiger partial charge on any atom is 0.417 e. The fraction of sp³-hybridized carbons (Fsp3) is 0.312. The largest absolute Gasteiger partial charge is 0.507 e. The number of halogens is 4. The lowest BCUT2D eigenvalue weighted by Crippen LogP contribution is -2.06. The first-order chi connectivity index (χ1) is 11.4. The van der Waals surface area contributed by atoms with E-state index in [0.717, 1.165) is 12.3 Å². The summed E-state index contributed by atoms with van der Waals surface area (Å²) in [6, 6.07) is 6.99. The van der Waals surface area contributed by atoms with Crippen LogP contribution in [0.5, 0.6) is 17.4 Å². The fourth-order valence-electron chi connectivity index (χ4n) is 1.78. The topological polar surface area (TPSA) is 51.6 Å². The van der Waals surface area contributed by atoms with E-state index in [-0.39, 0.29) is 11.6 Å². The maximum atomic E-state index is 12.4. The van der Waals surface area contributed by atoms with Crippen LogP contribution in [0.25, 0.3) is 0 Å². The van der Waals surface area contributed by atoms with Gasteiger partial charge in [-0.1, -0.05) is 0 Å². The van der Waals surface area contributed by atoms with Crippen LogP contribution in [-0.2, 0) is 6.18 Å². The molecule has 0 fully saturated rings. The third kappa shape index (κ3) is 5.59. The van der Waals surface area contributed by atoms with Crippen molar-refractivity contribution in [1.82, 2.24) is 4.98 Å². The number of pyridine rings is 1. The Morgan fingerprint density at radius 1 is 1.04 bits per heavy atom. The Labute approximate surface area is 145 Å². The van der Waals surface area contributed by atoms with Crippen LogP contribution in [0.1, 0.15) is 18.4 Å². The number of hydrogen-bond acceptors (Lipinski definition) is 4. The number of hydrogen-bond donors (Lipinski definition) is 1. The van der Waals surface area contributed by atoms with Gasteiger partial charge in [-0.2, -0.15) is 13.2 Å². The number of nitrogens with zero attached hydrogens (tertiary/aromatic N) is 1. The molecule has 0 radical (unpaired) electrons. The molecule has 0 atom stereocenters. The van der Waals surface area contributed by atoms with Gasteiger partial charge in [0.15, 0.2) is 0 Å². The van der Waals surface area contributed by atoms with Crippen LogP contribution >= 0.6 is 15.9 Å². The Morgan fingerprint density at radius 3 is 2.33 bits per heavy atom. The number of alkyl halides is 3. The normalized spacial score (nSPS) is 11.3. The second kappa shape index (κ2) is 8.23. The van der Waals surface area contributed by atoms with Crippen LogP contribution in [0.15, 0.2) is 41.0 Å². The quantitative estimate of drug-likeness (QED) is 0.671. The predicted molar refractivity (Wildman–Crippen MR) is 85.3 cm³/mol. The summed E-state index contributed by atoms with van der Waals surface area (Å²) in [6.07, 6.45) is -2.27. The minimum Gasteiger partial charge on any atom is -0.507 e. The number of aromatic hydroxyl groups is 1. The first kappa shape index (κ1) is 18.4. The van der Waals surface area contributed by atoms with E-state index in [1.165, 1.54) is 12.1 Å². The summed E-state index contributed by atoms with van der Waals surface area (Å²) in [7, 11) is 0. The van der Waals surface area contributed by atoms with Crippen molar-refractivity contribution in [3.63, 3.8) is 0 Å². The van der Waals surface area contributed by atoms with Crippen molar-refractivity contribution in [2.75, 3.05) is 13.2 Å². The van der Waals surface area contributed by atoms with Crippen LogP contribution in [0.2, 0.25) is 0 Å². The molecule has 2 aromatic rings. The number of phenolic OH excluding ortho intramolecular Hbond substituents is 1. The number of phenols is 1. The van der Waals surface area contributed by atoms with Crippen LogP contribution in [0.3, 0.4) is 0 Å². The average Bonchev–Trinajstić information content (AvgIpc) is 2.53. The molecule has 0 saturated heterocycles. The molecule has 0 aliphatic carbocycles. The molecule has 130 valence electrons. The van der Waals surface area contributed by atoms with E-state index < -0.39 is 11.7 Å². The zero-order valence-electron chi connectivity index (χ0n) is 12.5. The van der Waals surface area contributed by atoms with Crippen molar-refractivity contribution < 1.29 is 27.8 Å². The lowest BCUT2D eigenvalue weighted by Gasteiger charge is -2.09. The van der Waals surface area contributed by atoms with Crippen LogP contribution in [-0.4, -0.2) is 23.3 Å². The first-order valence-electron chi connectivity index (χ1n) is 7.13. The fourth-order valence-corrected chi connectivity index (χ4v) is 2.14. The predicted octanol–water partition coefficient (Wildman–Crippen LogP) is 4.81. The van der Waals surface area contributed by atoms with Crippen molar-refractivity contribution in [2.45, 2.75) is 19.0 Å². The smallest absolute Gasteiger partial charge is 0.417 e. The molecule has 0 aliphatic heterocycles. The van der Waals surface area contributed by atoms with Crippen LogP contribution in [0.4, 0.5) is 13.2 Å². The molecule has 0 spiro atoms. The zero-order valence-corrected chi connectivity index (χ0v) is 14.1. The van der Waals surface area contributed by atoms with Gasteiger partial charge in [0.1, 0.15) is 11.5 Å². The number of ether oxygens (including phenoxy) is 2. The SMILES string of the molecule is Oc1ccc(OCCCCOc2ccc(C(F)(F)F)cn2)cc1Br. The van der Waals surface area contributed by atoms with Crippen molar-refractivity contribution in [1.29, 1.82) is 0 Å². The summed E-state index contributed by atoms with van der Waals surface area (Å²) >= 11 is 3.20. The third-order valence-corrected chi connectivity index (χ3v) is 3.68. The van der Waals surface area contributed by atoms with Gasteiger partial charge in [-0.05, 0) is 53.0 Å². The summed E-state index contributed by atoms with van der Waals surface area (Å²) in [5.74, 6) is 0.927. The van der Waals surface area contributed by atoms with E-state index in [0.29, 0.717) is 36.3 Å². The highest BCUT2D eigenvalue weighted by Crippen LogP contribution is 2.29. The van der Waals surface area contributed by atoms with E-state index in [1.54, 1.807) is 12.1 Å². The summed E-state index contributed by atoms with van der Waals surface area (Å²) in [5.41, 5.74) is -0.802. The molecule has 0 aliphatic rings. The van der Waals surface area contributed by atoms with Crippen LogP contribution in [0, 0.1) is 0 Å². The number of aromatic nitrogens is 1. The van der Waals surface area contributed by atoms with Gasteiger partial charge in [-0.15, -0.1) is 0 Å². The second-order valence-electron chi connectivity index (χ2n) is 4.90. The second-order valence-corrected chi connectivity index (χ2v) is 5.75. The number of rotatable bonds is 7. The monoisotopic (exact) mass is 405 g/mol. The Balaban J connectivity index is 1.65. The summed E-state index contributed by atoms with van der Waals surface area (Å²) < 4.78 is 48.5. The average molecular weight is 406 g/mol. The standard InChI is InChI=1S/C16H15BrF3NO3/c17-13-9-12(4-5-14(13)22)23-7-1-2-8-24-15-6-3-11(10-21-15)16(18,19)20/h3-6,9-10,22H,1-2,7-8H2. The molecule has 24 heavy (non-hydrogen) atoms. The van der Waals surface area contributed by atoms with Gasteiger partial charge in [0.05, 0.1) is 23.2 Å². The Hall–Kier alpha value is -1.96. The van der Waals surface area contributed by atoms with E-state index in [2.05, 4.69) is 20.9 Å². The van der Waals surface area contributed by atoms with Crippen molar-refractivity contribution in [3.05, 3.63) is 46.6 Å². The van der Waals surface area contributed by atoms with Crippen molar-refractivity contribution >= 4 is 15.9 Å². The molecule has 2 rings (SSSR count). The molecule has 1 aromatic carbocycles. The molecule has 0 bridgehead atoms. The maximum absolute atomic E-state index is 12.4. The van der Waals surface area contributed by atoms with E-state index in [1.807, 2.05) is 0 Å².